The molecule has 0 aromatic rings. The van der Waals surface area contributed by atoms with Crippen molar-refractivity contribution in [1.29, 1.82) is 0 Å². The number of ether oxygens (including phenoxy) is 2. The Morgan fingerprint density at radius 2 is 0.932 bits per heavy atom. The van der Waals surface area contributed by atoms with Crippen molar-refractivity contribution in [3.8, 4) is 0 Å². The highest BCUT2D eigenvalue weighted by Crippen LogP contribution is 2.43. The molecule has 59 heavy (non-hydrogen) atoms. The molecule has 0 aromatic carbocycles. The number of allylic oxidation sites excluding steroid dienone is 8. The first-order chi connectivity index (χ1) is 28.7. The molecule has 0 rings (SSSR count). The first-order valence-electron chi connectivity index (χ1n) is 23.7. The van der Waals surface area contributed by atoms with Gasteiger partial charge in [0.25, 0.3) is 0 Å². The molecule has 0 aliphatic heterocycles. The molecule has 0 radical (unpaired) electrons. The molecular weight excluding hydrogens is 765 g/mol. The molecule has 0 aliphatic rings. The summed E-state index contributed by atoms with van der Waals surface area (Å²) in [7, 11) is -4.62. The highest BCUT2D eigenvalue weighted by molar-refractivity contribution is 7.47. The summed E-state index contributed by atoms with van der Waals surface area (Å²) in [5, 5.41) is 8.91. The third kappa shape index (κ3) is 43.8. The molecule has 3 atom stereocenters. The molecule has 10 nitrogen and oxygen atoms in total. The topological polar surface area (TPSA) is 155 Å². The van der Waals surface area contributed by atoms with Crippen molar-refractivity contribution >= 4 is 19.8 Å². The van der Waals surface area contributed by atoms with E-state index in [0.717, 1.165) is 64.2 Å². The maximum Gasteiger partial charge on any atom is 0.472 e. The van der Waals surface area contributed by atoms with Gasteiger partial charge in [-0.15, -0.1) is 0 Å². The minimum atomic E-state index is -4.62. The van der Waals surface area contributed by atoms with Crippen LogP contribution >= 0.6 is 7.82 Å². The van der Waals surface area contributed by atoms with Crippen LogP contribution in [0.3, 0.4) is 0 Å². The molecule has 11 heteroatoms. The molecular formula is C48H88NO9P. The molecule has 0 aromatic heterocycles. The summed E-state index contributed by atoms with van der Waals surface area (Å²) in [5.41, 5.74) is 5.36. The molecule has 0 saturated heterocycles. The van der Waals surface area contributed by atoms with Crippen LogP contribution in [0.5, 0.6) is 0 Å². The standard InChI is InChI=1S/C48H88NO9P/c1-3-5-7-9-11-13-15-17-19-21-22-23-24-25-26-28-30-32-34-36-38-40-47(50)58-45(43-56-59(53,54)57-44-46(49)48(51)52)42-55-41-39-37-35-33-31-29-27-20-18-16-14-12-10-8-6-4-2/h12,14-15,17-18,20-22,45-46H,3-11,13,16,19,23-44,49H2,1-2H3,(H,51,52)(H,53,54)/b14-12-,17-15-,20-18-,22-21-. The van der Waals surface area contributed by atoms with E-state index in [0.29, 0.717) is 13.0 Å². The second-order valence-corrected chi connectivity index (χ2v) is 17.3. The zero-order valence-electron chi connectivity index (χ0n) is 37.6. The van der Waals surface area contributed by atoms with Gasteiger partial charge >= 0.3 is 19.8 Å². The van der Waals surface area contributed by atoms with Crippen molar-refractivity contribution in [2.75, 3.05) is 26.4 Å². The number of unbranched alkanes of at least 4 members (excludes halogenated alkanes) is 23. The number of carbonyl (C=O) groups is 2. The van der Waals surface area contributed by atoms with Crippen molar-refractivity contribution in [2.45, 2.75) is 219 Å². The lowest BCUT2D eigenvalue weighted by Gasteiger charge is -2.20. The molecule has 0 spiro atoms. The Labute approximate surface area is 360 Å². The number of hydrogen-bond donors (Lipinski definition) is 3. The Balaban J connectivity index is 4.21. The van der Waals surface area contributed by atoms with E-state index in [9.17, 15) is 19.0 Å². The van der Waals surface area contributed by atoms with Crippen LogP contribution in [-0.4, -0.2) is 60.5 Å². The number of hydrogen-bond acceptors (Lipinski definition) is 8. The molecule has 0 bridgehead atoms. The maximum absolute atomic E-state index is 12.7. The predicted molar refractivity (Wildman–Crippen MR) is 244 cm³/mol. The van der Waals surface area contributed by atoms with E-state index < -0.39 is 45.1 Å². The largest absolute Gasteiger partial charge is 0.480 e. The molecule has 0 fully saturated rings. The van der Waals surface area contributed by atoms with Gasteiger partial charge in [-0.2, -0.15) is 0 Å². The number of carbonyl (C=O) groups excluding carboxylic acids is 1. The lowest BCUT2D eigenvalue weighted by molar-refractivity contribution is -0.154. The quantitative estimate of drug-likeness (QED) is 0.0233. The van der Waals surface area contributed by atoms with Gasteiger partial charge in [-0.3, -0.25) is 18.6 Å². The van der Waals surface area contributed by atoms with Crippen LogP contribution in [0.1, 0.15) is 206 Å². The van der Waals surface area contributed by atoms with Crippen LogP contribution in [0.2, 0.25) is 0 Å². The van der Waals surface area contributed by atoms with E-state index in [4.69, 9.17) is 29.4 Å². The van der Waals surface area contributed by atoms with Crippen LogP contribution in [0.25, 0.3) is 0 Å². The zero-order valence-corrected chi connectivity index (χ0v) is 38.5. The monoisotopic (exact) mass is 854 g/mol. The minimum Gasteiger partial charge on any atom is -0.480 e. The van der Waals surface area contributed by atoms with E-state index in [1.54, 1.807) is 0 Å². The summed E-state index contributed by atoms with van der Waals surface area (Å²) in [6, 6.07) is -1.48. The van der Waals surface area contributed by atoms with Crippen LogP contribution in [0, 0.1) is 0 Å². The number of carboxylic acid groups (broad SMARTS) is 1. The number of rotatable bonds is 45. The number of nitrogens with two attached hydrogens (primary N) is 1. The normalized spacial score (nSPS) is 14.2. The molecule has 0 saturated carbocycles. The molecule has 0 aliphatic carbocycles. The highest BCUT2D eigenvalue weighted by Gasteiger charge is 2.27. The maximum atomic E-state index is 12.7. The van der Waals surface area contributed by atoms with E-state index >= 15 is 0 Å². The summed E-state index contributed by atoms with van der Waals surface area (Å²) in [5.74, 6) is -1.79. The summed E-state index contributed by atoms with van der Waals surface area (Å²) in [6.45, 7) is 3.83. The summed E-state index contributed by atoms with van der Waals surface area (Å²) in [4.78, 5) is 33.6. The Bertz CT molecular complexity index is 1130. The number of esters is 1. The number of phosphoric ester groups is 1. The number of aliphatic carboxylic acids is 1. The first-order valence-corrected chi connectivity index (χ1v) is 25.2. The zero-order chi connectivity index (χ0) is 43.3. The Kier molecular flexibility index (Phi) is 42.5. The average molecular weight is 854 g/mol. The van der Waals surface area contributed by atoms with E-state index in [-0.39, 0.29) is 13.0 Å². The van der Waals surface area contributed by atoms with Crippen molar-refractivity contribution in [1.82, 2.24) is 0 Å². The van der Waals surface area contributed by atoms with Gasteiger partial charge in [-0.05, 0) is 77.0 Å². The summed E-state index contributed by atoms with van der Waals surface area (Å²) < 4.78 is 33.4. The van der Waals surface area contributed by atoms with Gasteiger partial charge in [-0.1, -0.05) is 172 Å². The van der Waals surface area contributed by atoms with Crippen LogP contribution in [0.4, 0.5) is 0 Å². The van der Waals surface area contributed by atoms with Gasteiger partial charge in [0.15, 0.2) is 0 Å². The average Bonchev–Trinajstić information content (AvgIpc) is 3.21. The molecule has 0 amide bonds. The van der Waals surface area contributed by atoms with Crippen molar-refractivity contribution < 1.29 is 42.7 Å². The van der Waals surface area contributed by atoms with Gasteiger partial charge < -0.3 is 25.2 Å². The lowest BCUT2D eigenvalue weighted by Crippen LogP contribution is -2.34. The van der Waals surface area contributed by atoms with Crippen molar-refractivity contribution in [3.63, 3.8) is 0 Å². The summed E-state index contributed by atoms with van der Waals surface area (Å²) >= 11 is 0. The second kappa shape index (κ2) is 44.0. The van der Waals surface area contributed by atoms with Crippen LogP contribution in [0.15, 0.2) is 48.6 Å². The molecule has 344 valence electrons. The number of phosphoric acid groups is 1. The molecule has 3 unspecified atom stereocenters. The van der Waals surface area contributed by atoms with Gasteiger partial charge in [-0.25, -0.2) is 4.57 Å². The van der Waals surface area contributed by atoms with E-state index in [1.165, 1.54) is 116 Å². The first kappa shape index (κ1) is 56.9. The highest BCUT2D eigenvalue weighted by atomic mass is 31.2. The smallest absolute Gasteiger partial charge is 0.472 e. The lowest BCUT2D eigenvalue weighted by atomic mass is 10.1. The van der Waals surface area contributed by atoms with Crippen molar-refractivity contribution in [3.05, 3.63) is 48.6 Å². The van der Waals surface area contributed by atoms with E-state index in [1.807, 2.05) is 0 Å². The van der Waals surface area contributed by atoms with Crippen LogP contribution in [-0.2, 0) is 32.7 Å². The third-order valence-electron chi connectivity index (χ3n) is 10.1. The Hall–Kier alpha value is -2.07. The van der Waals surface area contributed by atoms with Crippen molar-refractivity contribution in [2.24, 2.45) is 5.73 Å². The predicted octanol–water partition coefficient (Wildman–Crippen LogP) is 13.4. The molecule has 0 heterocycles. The second-order valence-electron chi connectivity index (χ2n) is 15.9. The third-order valence-corrected chi connectivity index (χ3v) is 11.0. The van der Waals surface area contributed by atoms with Gasteiger partial charge in [0.2, 0.25) is 0 Å². The SMILES string of the molecule is CCCCC/C=C\C/C=C\CCCCCCCCOCC(COP(=O)(O)OCC(N)C(=O)O)OC(=O)CCCCCCCCCCC/C=C\C/C=C\CCCCCCC. The fraction of sp³-hybridized carbons (Fsp3) is 0.792. The number of carboxylic acids is 1. The Morgan fingerprint density at radius 1 is 0.542 bits per heavy atom. The fourth-order valence-electron chi connectivity index (χ4n) is 6.37. The van der Waals surface area contributed by atoms with Gasteiger partial charge in [0, 0.05) is 13.0 Å². The summed E-state index contributed by atoms with van der Waals surface area (Å²) in [6.07, 6.45) is 51.6. The Morgan fingerprint density at radius 3 is 1.41 bits per heavy atom. The van der Waals surface area contributed by atoms with Gasteiger partial charge in [0.05, 0.1) is 19.8 Å². The minimum absolute atomic E-state index is 0.00752. The van der Waals surface area contributed by atoms with E-state index in [2.05, 4.69) is 62.5 Å². The van der Waals surface area contributed by atoms with Crippen LogP contribution < -0.4 is 5.73 Å². The van der Waals surface area contributed by atoms with Gasteiger partial charge in [0.1, 0.15) is 12.1 Å². The fourth-order valence-corrected chi connectivity index (χ4v) is 7.15. The molecule has 4 N–H and O–H groups in total.